The smallest absolute Gasteiger partial charge is 0.496 e. The van der Waals surface area contributed by atoms with E-state index in [1.54, 1.807) is 19.9 Å². The summed E-state index contributed by atoms with van der Waals surface area (Å²) in [6.45, 7) is 3.24. The van der Waals surface area contributed by atoms with E-state index in [0.717, 1.165) is 0 Å². The largest absolute Gasteiger partial charge is 0.543 e. The van der Waals surface area contributed by atoms with Crippen molar-refractivity contribution in [3.05, 3.63) is 23.8 Å². The van der Waals surface area contributed by atoms with E-state index in [0.29, 0.717) is 0 Å². The first kappa shape index (κ1) is 16.6. The molecule has 0 fully saturated rings. The van der Waals surface area contributed by atoms with E-state index in [2.05, 4.69) is 19.6 Å². The van der Waals surface area contributed by atoms with Gasteiger partial charge in [0.05, 0.1) is 25.4 Å². The number of hydrogen-bond donors (Lipinski definition) is 0. The van der Waals surface area contributed by atoms with Gasteiger partial charge in [0.25, 0.3) is 0 Å². The summed E-state index contributed by atoms with van der Waals surface area (Å²) in [5.41, 5.74) is -0.0108. The highest BCUT2D eigenvalue weighted by atomic mass is 17.5. The van der Waals surface area contributed by atoms with Crippen molar-refractivity contribution in [2.45, 2.75) is 20.0 Å². The molecule has 0 spiro atoms. The van der Waals surface area contributed by atoms with Gasteiger partial charge in [-0.15, -0.1) is 0 Å². The molecule has 0 radical (unpaired) electrons. The van der Waals surface area contributed by atoms with Gasteiger partial charge in [-0.05, 0) is 26.0 Å². The third kappa shape index (κ3) is 4.84. The minimum atomic E-state index is -1.13. The van der Waals surface area contributed by atoms with Crippen molar-refractivity contribution in [1.82, 2.24) is 0 Å². The van der Waals surface area contributed by atoms with Crippen molar-refractivity contribution < 1.29 is 38.6 Å². The molecule has 8 heteroatoms. The first-order valence-corrected chi connectivity index (χ1v) is 5.96. The molecular weight excluding hydrogens is 284 g/mol. The monoisotopic (exact) mass is 300 g/mol. The molecule has 0 atom stereocenters. The third-order valence-electron chi connectivity index (χ3n) is 2.18. The Balaban J connectivity index is 2.66. The zero-order valence-corrected chi connectivity index (χ0v) is 12.1. The van der Waals surface area contributed by atoms with Crippen LogP contribution in [0.4, 0.5) is 4.79 Å². The van der Waals surface area contributed by atoms with Crippen LogP contribution < -0.4 is 9.47 Å². The fourth-order valence-corrected chi connectivity index (χ4v) is 1.38. The minimum absolute atomic E-state index is 0.0108. The summed E-state index contributed by atoms with van der Waals surface area (Å²) in [6.07, 6.45) is -1.53. The highest BCUT2D eigenvalue weighted by molar-refractivity contribution is 5.95. The van der Waals surface area contributed by atoms with Gasteiger partial charge in [0.2, 0.25) is 0 Å². The summed E-state index contributed by atoms with van der Waals surface area (Å²) in [6, 6.07) is 4.70. The highest BCUT2D eigenvalue weighted by Gasteiger charge is 2.22. The van der Waals surface area contributed by atoms with E-state index in [4.69, 9.17) is 9.47 Å². The van der Waals surface area contributed by atoms with E-state index in [1.807, 2.05) is 0 Å². The van der Waals surface area contributed by atoms with Gasteiger partial charge in [0.1, 0.15) is 17.1 Å². The second-order valence-corrected chi connectivity index (χ2v) is 3.98. The average molecular weight is 300 g/mol. The number of benzene rings is 1. The zero-order chi connectivity index (χ0) is 15.8. The fourth-order valence-electron chi connectivity index (χ4n) is 1.38. The lowest BCUT2D eigenvalue weighted by molar-refractivity contribution is -0.452. The predicted molar refractivity (Wildman–Crippen MR) is 68.7 cm³/mol. The number of carbonyl (C=O) groups excluding carboxylic acids is 2. The van der Waals surface area contributed by atoms with Crippen molar-refractivity contribution in [3.8, 4) is 11.5 Å². The topological polar surface area (TPSA) is 89.5 Å². The second kappa shape index (κ2) is 7.95. The Bertz CT molecular complexity index is 475. The fraction of sp³-hybridized carbons (Fsp3) is 0.385. The molecule has 0 unspecified atom stereocenters. The van der Waals surface area contributed by atoms with E-state index in [9.17, 15) is 9.59 Å². The lowest BCUT2D eigenvalue weighted by atomic mass is 10.2. The van der Waals surface area contributed by atoms with E-state index in [-0.39, 0.29) is 17.1 Å². The van der Waals surface area contributed by atoms with E-state index >= 15 is 0 Å². The Hall–Kier alpha value is -2.48. The minimum Gasteiger partial charge on any atom is -0.496 e. The summed E-state index contributed by atoms with van der Waals surface area (Å²) >= 11 is 0. The number of hydrogen-bond acceptors (Lipinski definition) is 8. The van der Waals surface area contributed by atoms with Crippen molar-refractivity contribution in [3.63, 3.8) is 0 Å². The van der Waals surface area contributed by atoms with Gasteiger partial charge >= 0.3 is 12.1 Å². The van der Waals surface area contributed by atoms with Gasteiger partial charge in [-0.3, -0.25) is 4.89 Å². The molecular formula is C13H16O8. The van der Waals surface area contributed by atoms with Crippen molar-refractivity contribution in [2.24, 2.45) is 0 Å². The van der Waals surface area contributed by atoms with E-state index in [1.165, 1.54) is 26.4 Å². The summed E-state index contributed by atoms with van der Waals surface area (Å²) in [7, 11) is 2.76. The molecule has 116 valence electrons. The molecule has 8 nitrogen and oxygen atoms in total. The molecule has 1 rings (SSSR count). The van der Waals surface area contributed by atoms with Crippen LogP contribution in [0.1, 0.15) is 24.2 Å². The lowest BCUT2D eigenvalue weighted by Gasteiger charge is -2.11. The Morgan fingerprint density at radius 2 is 1.57 bits per heavy atom. The van der Waals surface area contributed by atoms with Gasteiger partial charge in [0, 0.05) is 0 Å². The van der Waals surface area contributed by atoms with Gasteiger partial charge in [0.15, 0.2) is 0 Å². The maximum Gasteiger partial charge on any atom is 0.543 e. The zero-order valence-electron chi connectivity index (χ0n) is 12.1. The summed E-state index contributed by atoms with van der Waals surface area (Å²) < 4.78 is 14.6. The summed E-state index contributed by atoms with van der Waals surface area (Å²) in [5.74, 6) is -0.526. The van der Waals surface area contributed by atoms with E-state index < -0.39 is 18.2 Å². The van der Waals surface area contributed by atoms with Gasteiger partial charge < -0.3 is 14.2 Å². The molecule has 0 saturated carbocycles. The molecule has 0 heterocycles. The Morgan fingerprint density at radius 3 is 2.05 bits per heavy atom. The summed E-state index contributed by atoms with van der Waals surface area (Å²) in [5, 5.41) is 4.08. The molecule has 21 heavy (non-hydrogen) atoms. The van der Waals surface area contributed by atoms with Crippen molar-refractivity contribution in [2.75, 3.05) is 14.2 Å². The average Bonchev–Trinajstić information content (AvgIpc) is 2.45. The molecule has 1 aromatic carbocycles. The number of carbonyl (C=O) groups is 2. The predicted octanol–water partition coefficient (Wildman–Crippen LogP) is 2.27. The molecule has 1 aromatic rings. The second-order valence-electron chi connectivity index (χ2n) is 3.98. The van der Waals surface area contributed by atoms with Gasteiger partial charge in [-0.1, -0.05) is 6.07 Å². The molecule has 0 aliphatic carbocycles. The van der Waals surface area contributed by atoms with Crippen LogP contribution in [0.25, 0.3) is 0 Å². The Kier molecular flexibility index (Phi) is 6.28. The normalized spacial score (nSPS) is 9.95. The lowest BCUT2D eigenvalue weighted by Crippen LogP contribution is -2.16. The molecule has 0 aromatic heterocycles. The molecule has 0 bridgehead atoms. The first-order chi connectivity index (χ1) is 9.99. The van der Waals surface area contributed by atoms with Crippen LogP contribution in [0.5, 0.6) is 11.5 Å². The van der Waals surface area contributed by atoms with Crippen LogP contribution >= 0.6 is 0 Å². The highest BCUT2D eigenvalue weighted by Crippen LogP contribution is 2.28. The number of rotatable bonds is 6. The SMILES string of the molecule is COc1cccc(OC)c1C(=O)OOOC(=O)OC(C)C. The maximum atomic E-state index is 11.9. The Labute approximate surface area is 121 Å². The number of ether oxygens (including phenoxy) is 3. The van der Waals surface area contributed by atoms with Crippen LogP contribution in [-0.2, 0) is 19.6 Å². The molecule has 0 aliphatic heterocycles. The van der Waals surface area contributed by atoms with Crippen LogP contribution in [0.2, 0.25) is 0 Å². The van der Waals surface area contributed by atoms with Crippen molar-refractivity contribution >= 4 is 12.1 Å². The molecule has 0 N–H and O–H groups in total. The molecule has 0 aliphatic rings. The quantitative estimate of drug-likeness (QED) is 0.449. The first-order valence-electron chi connectivity index (χ1n) is 5.96. The van der Waals surface area contributed by atoms with Crippen molar-refractivity contribution in [1.29, 1.82) is 0 Å². The van der Waals surface area contributed by atoms with Gasteiger partial charge in [-0.2, -0.15) is 0 Å². The van der Waals surface area contributed by atoms with Crippen LogP contribution in [-0.4, -0.2) is 32.4 Å². The van der Waals surface area contributed by atoms with Crippen LogP contribution in [0.15, 0.2) is 18.2 Å². The van der Waals surface area contributed by atoms with Gasteiger partial charge in [-0.25, -0.2) is 14.5 Å². The third-order valence-corrected chi connectivity index (χ3v) is 2.18. The summed E-state index contributed by atoms with van der Waals surface area (Å²) in [4.78, 5) is 31.3. The molecule has 0 saturated heterocycles. The standard InChI is InChI=1S/C13H16O8/c1-8(2)18-13(15)20-21-19-12(14)11-9(16-3)6-5-7-10(11)17-4/h5-8H,1-4H3. The van der Waals surface area contributed by atoms with Crippen LogP contribution in [0.3, 0.4) is 0 Å². The van der Waals surface area contributed by atoms with Crippen LogP contribution in [0, 0.1) is 0 Å². The number of methoxy groups -OCH3 is 2. The molecule has 0 amide bonds. The maximum absolute atomic E-state index is 11.9. The Morgan fingerprint density at radius 1 is 1.00 bits per heavy atom.